The summed E-state index contributed by atoms with van der Waals surface area (Å²) in [5, 5.41) is 4.12. The second-order valence-electron chi connectivity index (χ2n) is 5.59. The highest BCUT2D eigenvalue weighted by molar-refractivity contribution is 8.00. The van der Waals surface area contributed by atoms with Gasteiger partial charge in [0.2, 0.25) is 0 Å². The monoisotopic (exact) mass is 283 g/mol. The summed E-state index contributed by atoms with van der Waals surface area (Å²) >= 11 is 2.01. The van der Waals surface area contributed by atoms with Gasteiger partial charge in [0.25, 0.3) is 0 Å². The molecule has 3 rings (SSSR count). The quantitative estimate of drug-likeness (QED) is 0.902. The fraction of sp³-hybridized carbons (Fsp3) is 0.333. The first-order valence-electron chi connectivity index (χ1n) is 7.18. The molecule has 1 N–H and O–H groups in total. The Kier molecular flexibility index (Phi) is 3.86. The summed E-state index contributed by atoms with van der Waals surface area (Å²) in [4.78, 5) is 1.45. The van der Waals surface area contributed by atoms with Gasteiger partial charge in [0.05, 0.1) is 0 Å². The largest absolute Gasteiger partial charge is 0.312 e. The van der Waals surface area contributed by atoms with E-state index in [1.54, 1.807) is 0 Å². The van der Waals surface area contributed by atoms with Gasteiger partial charge in [0, 0.05) is 16.2 Å². The number of rotatable bonds is 3. The van der Waals surface area contributed by atoms with E-state index in [9.17, 15) is 0 Å². The molecule has 1 aliphatic heterocycles. The van der Waals surface area contributed by atoms with Crippen molar-refractivity contribution in [3.05, 3.63) is 64.7 Å². The van der Waals surface area contributed by atoms with Gasteiger partial charge in [-0.25, -0.2) is 0 Å². The zero-order valence-corrected chi connectivity index (χ0v) is 13.1. The minimum atomic E-state index is 0.410. The topological polar surface area (TPSA) is 12.0 Å². The van der Waals surface area contributed by atoms with Crippen molar-refractivity contribution in [2.75, 3.05) is 7.05 Å². The number of hydrogen-bond acceptors (Lipinski definition) is 2. The SMILES string of the molecule is CNC(c1ccc(C)cc1C)C1Cc2ccccc2S1. The van der Waals surface area contributed by atoms with E-state index in [1.165, 1.54) is 27.1 Å². The maximum absolute atomic E-state index is 3.53. The minimum absolute atomic E-state index is 0.410. The van der Waals surface area contributed by atoms with Gasteiger partial charge in [-0.3, -0.25) is 0 Å². The Morgan fingerprint density at radius 1 is 1.15 bits per heavy atom. The minimum Gasteiger partial charge on any atom is -0.312 e. The van der Waals surface area contributed by atoms with Crippen molar-refractivity contribution in [1.29, 1.82) is 0 Å². The lowest BCUT2D eigenvalue weighted by Gasteiger charge is -2.24. The van der Waals surface area contributed by atoms with E-state index in [2.05, 4.69) is 68.7 Å². The van der Waals surface area contributed by atoms with Crippen LogP contribution in [0.3, 0.4) is 0 Å². The molecule has 2 heteroatoms. The second kappa shape index (κ2) is 5.63. The van der Waals surface area contributed by atoms with Crippen LogP contribution in [0.4, 0.5) is 0 Å². The molecule has 20 heavy (non-hydrogen) atoms. The van der Waals surface area contributed by atoms with E-state index < -0.39 is 0 Å². The van der Waals surface area contributed by atoms with Gasteiger partial charge in [-0.05, 0) is 50.1 Å². The highest BCUT2D eigenvalue weighted by Gasteiger charge is 2.30. The number of fused-ring (bicyclic) bond motifs is 1. The van der Waals surface area contributed by atoms with Crippen LogP contribution in [0.1, 0.15) is 28.3 Å². The van der Waals surface area contributed by atoms with Crippen LogP contribution in [0.5, 0.6) is 0 Å². The van der Waals surface area contributed by atoms with E-state index in [1.807, 2.05) is 11.8 Å². The lowest BCUT2D eigenvalue weighted by Crippen LogP contribution is -2.27. The predicted octanol–water partition coefficient (Wildman–Crippen LogP) is 4.28. The number of aryl methyl sites for hydroxylation is 2. The van der Waals surface area contributed by atoms with Crippen LogP contribution in [0.2, 0.25) is 0 Å². The fourth-order valence-corrected chi connectivity index (χ4v) is 4.58. The molecule has 0 aliphatic carbocycles. The maximum Gasteiger partial charge on any atom is 0.0447 e. The highest BCUT2D eigenvalue weighted by Crippen LogP contribution is 2.42. The van der Waals surface area contributed by atoms with Crippen molar-refractivity contribution in [1.82, 2.24) is 5.32 Å². The van der Waals surface area contributed by atoms with Gasteiger partial charge in [-0.15, -0.1) is 11.8 Å². The Hall–Kier alpha value is -1.25. The molecule has 2 aromatic rings. The summed E-state index contributed by atoms with van der Waals surface area (Å²) in [6, 6.07) is 16.0. The molecule has 1 heterocycles. The van der Waals surface area contributed by atoms with E-state index in [-0.39, 0.29) is 0 Å². The van der Waals surface area contributed by atoms with Crippen molar-refractivity contribution >= 4 is 11.8 Å². The summed E-state index contributed by atoms with van der Waals surface area (Å²) in [6.07, 6.45) is 1.15. The van der Waals surface area contributed by atoms with Crippen LogP contribution in [0.15, 0.2) is 47.4 Å². The summed E-state index contributed by atoms with van der Waals surface area (Å²) < 4.78 is 0. The number of benzene rings is 2. The van der Waals surface area contributed by atoms with Crippen LogP contribution in [0.25, 0.3) is 0 Å². The lowest BCUT2D eigenvalue weighted by atomic mass is 9.94. The zero-order valence-electron chi connectivity index (χ0n) is 12.3. The fourth-order valence-electron chi connectivity index (χ4n) is 3.11. The first-order valence-corrected chi connectivity index (χ1v) is 8.06. The Balaban J connectivity index is 1.89. The van der Waals surface area contributed by atoms with Gasteiger partial charge in [0.1, 0.15) is 0 Å². The molecule has 0 bridgehead atoms. The Morgan fingerprint density at radius 3 is 2.65 bits per heavy atom. The first-order chi connectivity index (χ1) is 9.69. The standard InChI is InChI=1S/C18H21NS/c1-12-8-9-15(13(2)10-12)18(19-3)17-11-14-6-4-5-7-16(14)20-17/h4-10,17-19H,11H2,1-3H3. The van der Waals surface area contributed by atoms with Crippen molar-refractivity contribution in [3.8, 4) is 0 Å². The zero-order chi connectivity index (χ0) is 14.1. The molecule has 2 unspecified atom stereocenters. The third-order valence-electron chi connectivity index (χ3n) is 4.12. The van der Waals surface area contributed by atoms with E-state index in [0.29, 0.717) is 11.3 Å². The molecule has 1 aliphatic rings. The Bertz CT molecular complexity index is 596. The third-order valence-corrected chi connectivity index (χ3v) is 5.51. The average molecular weight is 283 g/mol. The van der Waals surface area contributed by atoms with Gasteiger partial charge >= 0.3 is 0 Å². The number of hydrogen-bond donors (Lipinski definition) is 1. The van der Waals surface area contributed by atoms with Gasteiger partial charge < -0.3 is 5.32 Å². The molecule has 0 aromatic heterocycles. The molecule has 1 nitrogen and oxygen atoms in total. The molecule has 0 radical (unpaired) electrons. The van der Waals surface area contributed by atoms with E-state index in [0.717, 1.165) is 6.42 Å². The van der Waals surface area contributed by atoms with Crippen molar-refractivity contribution in [2.45, 2.75) is 36.5 Å². The van der Waals surface area contributed by atoms with Crippen LogP contribution >= 0.6 is 11.8 Å². The molecule has 2 aromatic carbocycles. The Labute approximate surface area is 125 Å². The van der Waals surface area contributed by atoms with Gasteiger partial charge in [0.15, 0.2) is 0 Å². The predicted molar refractivity (Wildman–Crippen MR) is 87.5 cm³/mol. The van der Waals surface area contributed by atoms with Gasteiger partial charge in [-0.2, -0.15) is 0 Å². The Morgan fingerprint density at radius 2 is 1.95 bits per heavy atom. The van der Waals surface area contributed by atoms with Crippen LogP contribution in [-0.4, -0.2) is 12.3 Å². The summed E-state index contributed by atoms with van der Waals surface area (Å²) in [6.45, 7) is 4.38. The molecular weight excluding hydrogens is 262 g/mol. The lowest BCUT2D eigenvalue weighted by molar-refractivity contribution is 0.565. The average Bonchev–Trinajstić information content (AvgIpc) is 2.85. The van der Waals surface area contributed by atoms with Gasteiger partial charge in [-0.1, -0.05) is 42.0 Å². The van der Waals surface area contributed by atoms with E-state index >= 15 is 0 Å². The second-order valence-corrected chi connectivity index (χ2v) is 6.88. The van der Waals surface area contributed by atoms with Crippen LogP contribution in [-0.2, 0) is 6.42 Å². The summed E-state index contributed by atoms with van der Waals surface area (Å²) in [7, 11) is 2.08. The molecule has 2 atom stereocenters. The number of nitrogens with one attached hydrogen (secondary N) is 1. The summed E-state index contributed by atoms with van der Waals surface area (Å²) in [5.74, 6) is 0. The molecule has 104 valence electrons. The van der Waals surface area contributed by atoms with Crippen LogP contribution in [0, 0.1) is 13.8 Å². The van der Waals surface area contributed by atoms with Crippen LogP contribution < -0.4 is 5.32 Å². The molecule has 0 saturated heterocycles. The third kappa shape index (κ3) is 2.50. The normalized spacial score (nSPS) is 18.9. The molecule has 0 fully saturated rings. The molecule has 0 spiro atoms. The van der Waals surface area contributed by atoms with Crippen molar-refractivity contribution in [2.24, 2.45) is 0 Å². The number of thioether (sulfide) groups is 1. The molecule has 0 saturated carbocycles. The molecular formula is C18H21NS. The molecule has 0 amide bonds. The summed E-state index contributed by atoms with van der Waals surface area (Å²) in [5.41, 5.74) is 5.65. The first kappa shape index (κ1) is 13.7. The smallest absolute Gasteiger partial charge is 0.0447 e. The van der Waals surface area contributed by atoms with Crippen molar-refractivity contribution < 1.29 is 0 Å². The van der Waals surface area contributed by atoms with E-state index in [4.69, 9.17) is 0 Å². The highest BCUT2D eigenvalue weighted by atomic mass is 32.2. The maximum atomic E-state index is 3.53. The van der Waals surface area contributed by atoms with Crippen molar-refractivity contribution in [3.63, 3.8) is 0 Å².